The van der Waals surface area contributed by atoms with Crippen molar-refractivity contribution in [3.63, 3.8) is 0 Å². The van der Waals surface area contributed by atoms with Crippen LogP contribution in [0.3, 0.4) is 0 Å². The van der Waals surface area contributed by atoms with Crippen LogP contribution in [0.5, 0.6) is 5.75 Å². The average Bonchev–Trinajstić information content (AvgIpc) is 2.40. The van der Waals surface area contributed by atoms with E-state index in [2.05, 4.69) is 6.58 Å². The Kier molecular flexibility index (Phi) is 5.34. The molecule has 0 aliphatic heterocycles. The van der Waals surface area contributed by atoms with Gasteiger partial charge in [-0.05, 0) is 24.0 Å². The molecule has 1 rings (SSSR count). The summed E-state index contributed by atoms with van der Waals surface area (Å²) in [6.45, 7) is 5.79. The van der Waals surface area contributed by atoms with E-state index in [0.717, 1.165) is 12.1 Å². The van der Waals surface area contributed by atoms with Crippen molar-refractivity contribution < 1.29 is 37.7 Å². The van der Waals surface area contributed by atoms with E-state index in [1.807, 2.05) is 0 Å². The van der Waals surface area contributed by atoms with Gasteiger partial charge in [0.2, 0.25) is 0 Å². The monoisotopic (exact) mass is 350 g/mol. The molecule has 0 aliphatic rings. The van der Waals surface area contributed by atoms with Crippen LogP contribution in [0.2, 0.25) is 0 Å². The molecule has 0 saturated carbocycles. The lowest BCUT2D eigenvalue weighted by Crippen LogP contribution is -2.55. The minimum atomic E-state index is -5.44. The molecule has 0 fully saturated rings. The second-order valence-corrected chi connectivity index (χ2v) is 6.18. The maximum Gasteiger partial charge on any atom is 0.428 e. The quantitative estimate of drug-likeness (QED) is 0.543. The molecular formula is C16H18F4O4. The summed E-state index contributed by atoms with van der Waals surface area (Å²) >= 11 is 0. The molecule has 0 spiro atoms. The van der Waals surface area contributed by atoms with E-state index in [1.54, 1.807) is 0 Å². The third kappa shape index (κ3) is 3.69. The molecule has 0 heterocycles. The first-order valence-electron chi connectivity index (χ1n) is 6.91. The van der Waals surface area contributed by atoms with Crippen LogP contribution in [0, 0.1) is 5.82 Å². The van der Waals surface area contributed by atoms with E-state index in [0.29, 0.717) is 0 Å². The lowest BCUT2D eigenvalue weighted by Gasteiger charge is -2.35. The maximum atomic E-state index is 13.7. The molecule has 0 saturated heterocycles. The van der Waals surface area contributed by atoms with Gasteiger partial charge in [-0.25, -0.2) is 9.18 Å². The summed E-state index contributed by atoms with van der Waals surface area (Å²) in [5, 5.41) is 28.7. The number of aliphatic hydroxyl groups is 1. The van der Waals surface area contributed by atoms with Gasteiger partial charge in [0.05, 0.1) is 0 Å². The Bertz CT molecular complexity index is 652. The molecule has 0 aromatic heterocycles. The van der Waals surface area contributed by atoms with E-state index < -0.39 is 41.1 Å². The number of hydrogen-bond donors (Lipinski definition) is 3. The number of carboxylic acid groups (broad SMARTS) is 1. The third-order valence-corrected chi connectivity index (χ3v) is 3.77. The van der Waals surface area contributed by atoms with Crippen LogP contribution in [0.15, 0.2) is 24.8 Å². The number of allylic oxidation sites excluding steroid dienone is 1. The number of carbonyl (C=O) groups is 1. The highest BCUT2D eigenvalue weighted by molar-refractivity contribution is 5.78. The summed E-state index contributed by atoms with van der Waals surface area (Å²) in [6.07, 6.45) is -5.31. The second-order valence-electron chi connectivity index (χ2n) is 6.18. The zero-order valence-electron chi connectivity index (χ0n) is 13.1. The number of benzene rings is 1. The molecule has 1 aromatic carbocycles. The summed E-state index contributed by atoms with van der Waals surface area (Å²) in [6, 6.07) is 1.82. The largest absolute Gasteiger partial charge is 0.507 e. The van der Waals surface area contributed by atoms with Gasteiger partial charge in [-0.2, -0.15) is 13.2 Å². The van der Waals surface area contributed by atoms with Gasteiger partial charge in [-0.1, -0.05) is 19.9 Å². The molecule has 4 nitrogen and oxygen atoms in total. The van der Waals surface area contributed by atoms with Crippen LogP contribution in [0.1, 0.15) is 31.4 Å². The van der Waals surface area contributed by atoms with E-state index in [9.17, 15) is 32.6 Å². The number of carboxylic acids is 1. The van der Waals surface area contributed by atoms with Gasteiger partial charge in [-0.15, -0.1) is 6.58 Å². The molecule has 24 heavy (non-hydrogen) atoms. The molecule has 1 aromatic rings. The molecule has 8 heteroatoms. The smallest absolute Gasteiger partial charge is 0.428 e. The fourth-order valence-corrected chi connectivity index (χ4v) is 2.51. The summed E-state index contributed by atoms with van der Waals surface area (Å²) < 4.78 is 52.7. The van der Waals surface area contributed by atoms with Gasteiger partial charge in [-0.3, -0.25) is 0 Å². The van der Waals surface area contributed by atoms with Crippen LogP contribution >= 0.6 is 0 Å². The van der Waals surface area contributed by atoms with Crippen molar-refractivity contribution in [2.75, 3.05) is 0 Å². The number of rotatable bonds is 6. The Morgan fingerprint density at radius 1 is 1.29 bits per heavy atom. The van der Waals surface area contributed by atoms with Crippen molar-refractivity contribution in [2.24, 2.45) is 0 Å². The van der Waals surface area contributed by atoms with Gasteiger partial charge >= 0.3 is 12.1 Å². The van der Waals surface area contributed by atoms with E-state index in [4.69, 9.17) is 5.11 Å². The zero-order valence-corrected chi connectivity index (χ0v) is 13.1. The molecule has 0 bridgehead atoms. The SMILES string of the molecule is C=CCc1cc(F)cc(C(C)(C)CC(O)(C(=O)O)C(F)(F)F)c1O. The lowest BCUT2D eigenvalue weighted by atomic mass is 9.74. The fraction of sp³-hybridized carbons (Fsp3) is 0.438. The average molecular weight is 350 g/mol. The predicted octanol–water partition coefficient (Wildman–Crippen LogP) is 3.31. The van der Waals surface area contributed by atoms with Crippen LogP contribution in [0.25, 0.3) is 0 Å². The number of hydrogen-bond acceptors (Lipinski definition) is 3. The van der Waals surface area contributed by atoms with E-state index in [-0.39, 0.29) is 17.5 Å². The Labute approximate surface area is 136 Å². The third-order valence-electron chi connectivity index (χ3n) is 3.77. The van der Waals surface area contributed by atoms with Gasteiger partial charge in [0.1, 0.15) is 11.6 Å². The molecule has 0 aliphatic carbocycles. The molecule has 134 valence electrons. The van der Waals surface area contributed by atoms with Gasteiger partial charge in [0.15, 0.2) is 0 Å². The standard InChI is InChI=1S/C16H18F4O4/c1-4-5-9-6-10(17)7-11(12(9)21)14(2,3)8-15(24,13(22)23)16(18,19)20/h4,6-7,21,24H,1,5,8H2,2-3H3,(H,22,23). The number of aliphatic carboxylic acids is 1. The summed E-state index contributed by atoms with van der Waals surface area (Å²) in [5.74, 6) is -3.74. The van der Waals surface area contributed by atoms with E-state index in [1.165, 1.54) is 19.9 Å². The molecule has 1 atom stereocenters. The van der Waals surface area contributed by atoms with Crippen molar-refractivity contribution in [2.45, 2.75) is 43.9 Å². The number of phenols is 1. The number of halogens is 4. The highest BCUT2D eigenvalue weighted by atomic mass is 19.4. The van der Waals surface area contributed by atoms with Crippen molar-refractivity contribution in [3.05, 3.63) is 41.7 Å². The second kappa shape index (κ2) is 6.43. The molecular weight excluding hydrogens is 332 g/mol. The Hall–Kier alpha value is -2.09. The number of phenolic OH excluding ortho intramolecular Hbond substituents is 1. The molecule has 3 N–H and O–H groups in total. The normalized spacial score (nSPS) is 15.0. The highest BCUT2D eigenvalue weighted by Gasteiger charge is 2.62. The van der Waals surface area contributed by atoms with Crippen molar-refractivity contribution >= 4 is 5.97 Å². The predicted molar refractivity (Wildman–Crippen MR) is 78.2 cm³/mol. The van der Waals surface area contributed by atoms with Crippen molar-refractivity contribution in [1.29, 1.82) is 0 Å². The topological polar surface area (TPSA) is 77.8 Å². The van der Waals surface area contributed by atoms with Crippen molar-refractivity contribution in [1.82, 2.24) is 0 Å². The van der Waals surface area contributed by atoms with Gasteiger partial charge in [0, 0.05) is 17.5 Å². The minimum Gasteiger partial charge on any atom is -0.507 e. The number of alkyl halides is 3. The fourth-order valence-electron chi connectivity index (χ4n) is 2.51. The first-order valence-corrected chi connectivity index (χ1v) is 6.91. The highest BCUT2D eigenvalue weighted by Crippen LogP contribution is 2.44. The van der Waals surface area contributed by atoms with E-state index >= 15 is 0 Å². The summed E-state index contributed by atoms with van der Waals surface area (Å²) in [5.41, 5.74) is -5.86. The van der Waals surface area contributed by atoms with Crippen LogP contribution < -0.4 is 0 Å². The zero-order chi connectivity index (χ0) is 18.9. The molecule has 1 unspecified atom stereocenters. The molecule has 0 amide bonds. The van der Waals surface area contributed by atoms with Crippen LogP contribution in [-0.4, -0.2) is 33.1 Å². The van der Waals surface area contributed by atoms with Crippen LogP contribution in [0.4, 0.5) is 17.6 Å². The van der Waals surface area contributed by atoms with Crippen molar-refractivity contribution in [3.8, 4) is 5.75 Å². The summed E-state index contributed by atoms with van der Waals surface area (Å²) in [4.78, 5) is 11.0. The Balaban J connectivity index is 3.44. The minimum absolute atomic E-state index is 0.0646. The Morgan fingerprint density at radius 3 is 2.25 bits per heavy atom. The van der Waals surface area contributed by atoms with Crippen LogP contribution in [-0.2, 0) is 16.6 Å². The first kappa shape index (κ1) is 20.0. The first-order chi connectivity index (χ1) is 10.8. The summed E-state index contributed by atoms with van der Waals surface area (Å²) in [7, 11) is 0. The molecule has 0 radical (unpaired) electrons. The maximum absolute atomic E-state index is 13.7. The van der Waals surface area contributed by atoms with Gasteiger partial charge in [0.25, 0.3) is 5.60 Å². The Morgan fingerprint density at radius 2 is 1.83 bits per heavy atom. The van der Waals surface area contributed by atoms with Gasteiger partial charge < -0.3 is 15.3 Å². The lowest BCUT2D eigenvalue weighted by molar-refractivity contribution is -0.265. The number of aromatic hydroxyl groups is 1.